The Morgan fingerprint density at radius 3 is 2.56 bits per heavy atom. The van der Waals surface area contributed by atoms with Crippen molar-refractivity contribution in [2.45, 2.75) is 52.6 Å². The molecule has 0 saturated heterocycles. The molecule has 0 spiro atoms. The maximum atomic E-state index is 12.9. The second-order valence-electron chi connectivity index (χ2n) is 6.05. The highest BCUT2D eigenvalue weighted by molar-refractivity contribution is 6.31. The average molecular weight is 273 g/mol. The largest absolute Gasteiger partial charge is 0.393 e. The predicted molar refractivity (Wildman–Crippen MR) is 74.4 cm³/mol. The first-order valence-corrected chi connectivity index (χ1v) is 6.78. The van der Waals surface area contributed by atoms with Crippen LogP contribution in [0.25, 0.3) is 0 Å². The van der Waals surface area contributed by atoms with Crippen molar-refractivity contribution in [1.82, 2.24) is 0 Å². The van der Waals surface area contributed by atoms with Crippen molar-refractivity contribution >= 4 is 11.6 Å². The molecule has 18 heavy (non-hydrogen) atoms. The Kier molecular flexibility index (Phi) is 5.61. The lowest BCUT2D eigenvalue weighted by Crippen LogP contribution is -2.13. The van der Waals surface area contributed by atoms with Crippen molar-refractivity contribution < 1.29 is 9.50 Å². The van der Waals surface area contributed by atoms with Crippen LogP contribution in [0, 0.1) is 11.2 Å². The van der Waals surface area contributed by atoms with Crippen molar-refractivity contribution in [3.8, 4) is 0 Å². The highest BCUT2D eigenvalue weighted by Gasteiger charge is 2.13. The van der Waals surface area contributed by atoms with Gasteiger partial charge in [0.2, 0.25) is 0 Å². The van der Waals surface area contributed by atoms with Gasteiger partial charge in [-0.3, -0.25) is 0 Å². The Balaban J connectivity index is 2.42. The maximum absolute atomic E-state index is 12.9. The zero-order chi connectivity index (χ0) is 13.8. The van der Waals surface area contributed by atoms with Crippen LogP contribution >= 0.6 is 11.6 Å². The third-order valence-corrected chi connectivity index (χ3v) is 3.29. The van der Waals surface area contributed by atoms with Crippen LogP contribution in [-0.2, 0) is 6.42 Å². The first-order chi connectivity index (χ1) is 8.28. The molecule has 1 N–H and O–H groups in total. The lowest BCUT2D eigenvalue weighted by atomic mass is 9.89. The van der Waals surface area contributed by atoms with Gasteiger partial charge < -0.3 is 5.11 Å². The summed E-state index contributed by atoms with van der Waals surface area (Å²) in [5.41, 5.74) is 1.11. The van der Waals surface area contributed by atoms with Crippen molar-refractivity contribution in [2.24, 2.45) is 5.41 Å². The monoisotopic (exact) mass is 272 g/mol. The van der Waals surface area contributed by atoms with E-state index in [1.54, 1.807) is 6.07 Å². The molecule has 0 aliphatic heterocycles. The summed E-state index contributed by atoms with van der Waals surface area (Å²) in [4.78, 5) is 0. The summed E-state index contributed by atoms with van der Waals surface area (Å²) < 4.78 is 12.9. The SMILES string of the molecule is CC(C)(C)CCCC(O)Cc1ccc(F)cc1Cl. The maximum Gasteiger partial charge on any atom is 0.124 e. The van der Waals surface area contributed by atoms with Gasteiger partial charge in [-0.25, -0.2) is 4.39 Å². The molecular weight excluding hydrogens is 251 g/mol. The smallest absolute Gasteiger partial charge is 0.124 e. The van der Waals surface area contributed by atoms with Gasteiger partial charge in [0.25, 0.3) is 0 Å². The van der Waals surface area contributed by atoms with Crippen LogP contribution in [0.2, 0.25) is 5.02 Å². The summed E-state index contributed by atoms with van der Waals surface area (Å²) in [7, 11) is 0. The van der Waals surface area contributed by atoms with E-state index in [2.05, 4.69) is 20.8 Å². The number of halogens is 2. The molecule has 0 bridgehead atoms. The molecule has 102 valence electrons. The molecule has 0 aromatic heterocycles. The van der Waals surface area contributed by atoms with Crippen LogP contribution in [0.4, 0.5) is 4.39 Å². The first-order valence-electron chi connectivity index (χ1n) is 6.40. The summed E-state index contributed by atoms with van der Waals surface area (Å²) in [6, 6.07) is 4.31. The number of aliphatic hydroxyl groups is 1. The number of benzene rings is 1. The third-order valence-electron chi connectivity index (χ3n) is 2.93. The van der Waals surface area contributed by atoms with Crippen molar-refractivity contribution in [3.05, 3.63) is 34.6 Å². The fraction of sp³-hybridized carbons (Fsp3) is 0.600. The van der Waals surface area contributed by atoms with Crippen LogP contribution < -0.4 is 0 Å². The number of aliphatic hydroxyl groups excluding tert-OH is 1. The molecule has 1 rings (SSSR count). The minimum Gasteiger partial charge on any atom is -0.393 e. The quantitative estimate of drug-likeness (QED) is 0.831. The van der Waals surface area contributed by atoms with Crippen molar-refractivity contribution in [3.63, 3.8) is 0 Å². The molecule has 1 nitrogen and oxygen atoms in total. The van der Waals surface area contributed by atoms with E-state index in [-0.39, 0.29) is 5.82 Å². The van der Waals surface area contributed by atoms with Crippen LogP contribution in [0.3, 0.4) is 0 Å². The molecule has 0 aliphatic carbocycles. The number of hydrogen-bond donors (Lipinski definition) is 1. The van der Waals surface area contributed by atoms with E-state index in [1.165, 1.54) is 12.1 Å². The van der Waals surface area contributed by atoms with E-state index in [0.29, 0.717) is 16.9 Å². The van der Waals surface area contributed by atoms with E-state index in [4.69, 9.17) is 11.6 Å². The van der Waals surface area contributed by atoms with E-state index in [9.17, 15) is 9.50 Å². The van der Waals surface area contributed by atoms with Crippen molar-refractivity contribution in [2.75, 3.05) is 0 Å². The molecule has 1 unspecified atom stereocenters. The average Bonchev–Trinajstić information content (AvgIpc) is 2.20. The Hall–Kier alpha value is -0.600. The van der Waals surface area contributed by atoms with Crippen LogP contribution in [-0.4, -0.2) is 11.2 Å². The molecule has 0 saturated carbocycles. The second-order valence-corrected chi connectivity index (χ2v) is 6.45. The zero-order valence-corrected chi connectivity index (χ0v) is 12.1. The highest BCUT2D eigenvalue weighted by atomic mass is 35.5. The minimum atomic E-state index is -0.407. The lowest BCUT2D eigenvalue weighted by Gasteiger charge is -2.19. The zero-order valence-electron chi connectivity index (χ0n) is 11.3. The summed E-state index contributed by atoms with van der Waals surface area (Å²) >= 11 is 5.93. The van der Waals surface area contributed by atoms with E-state index < -0.39 is 6.10 Å². The van der Waals surface area contributed by atoms with Gasteiger partial charge >= 0.3 is 0 Å². The van der Waals surface area contributed by atoms with Gasteiger partial charge in [0.15, 0.2) is 0 Å². The van der Waals surface area contributed by atoms with Gasteiger partial charge in [0.1, 0.15) is 5.82 Å². The van der Waals surface area contributed by atoms with Gasteiger partial charge in [-0.2, -0.15) is 0 Å². The predicted octanol–water partition coefficient (Wildman–Crippen LogP) is 4.60. The van der Waals surface area contributed by atoms with E-state index in [0.717, 1.165) is 24.8 Å². The molecule has 1 atom stereocenters. The molecule has 1 aromatic rings. The molecule has 0 amide bonds. The fourth-order valence-corrected chi connectivity index (χ4v) is 2.16. The Bertz CT molecular complexity index is 385. The Morgan fingerprint density at radius 1 is 1.33 bits per heavy atom. The van der Waals surface area contributed by atoms with Crippen LogP contribution in [0.5, 0.6) is 0 Å². The minimum absolute atomic E-state index is 0.299. The summed E-state index contributed by atoms with van der Waals surface area (Å²) in [6.07, 6.45) is 2.91. The Labute approximate surface area is 114 Å². The van der Waals surface area contributed by atoms with Gasteiger partial charge in [0, 0.05) is 5.02 Å². The van der Waals surface area contributed by atoms with Crippen LogP contribution in [0.1, 0.15) is 45.6 Å². The van der Waals surface area contributed by atoms with E-state index >= 15 is 0 Å². The Morgan fingerprint density at radius 2 is 2.00 bits per heavy atom. The summed E-state index contributed by atoms with van der Waals surface area (Å²) in [6.45, 7) is 6.57. The first kappa shape index (κ1) is 15.5. The lowest BCUT2D eigenvalue weighted by molar-refractivity contribution is 0.156. The van der Waals surface area contributed by atoms with Gasteiger partial charge in [-0.15, -0.1) is 0 Å². The molecular formula is C15H22ClFO. The normalized spacial score (nSPS) is 13.7. The van der Waals surface area contributed by atoms with Gasteiger partial charge in [-0.05, 0) is 42.4 Å². The molecule has 3 heteroatoms. The molecule has 1 aromatic carbocycles. The molecule has 0 radical (unpaired) electrons. The fourth-order valence-electron chi connectivity index (χ4n) is 1.91. The third kappa shape index (κ3) is 5.83. The molecule has 0 aliphatic rings. The van der Waals surface area contributed by atoms with Gasteiger partial charge in [-0.1, -0.05) is 44.9 Å². The standard InChI is InChI=1S/C15H22ClFO/c1-15(2,3)8-4-5-13(18)9-11-6-7-12(17)10-14(11)16/h6-7,10,13,18H,4-5,8-9H2,1-3H3. The number of hydrogen-bond acceptors (Lipinski definition) is 1. The molecule has 0 fully saturated rings. The van der Waals surface area contributed by atoms with Crippen molar-refractivity contribution in [1.29, 1.82) is 0 Å². The number of rotatable bonds is 5. The molecule has 0 heterocycles. The summed E-state index contributed by atoms with van der Waals surface area (Å²) in [5, 5.41) is 10.3. The van der Waals surface area contributed by atoms with Gasteiger partial charge in [0.05, 0.1) is 6.10 Å². The summed E-state index contributed by atoms with van der Waals surface area (Å²) in [5.74, 6) is -0.342. The highest BCUT2D eigenvalue weighted by Crippen LogP contribution is 2.24. The van der Waals surface area contributed by atoms with E-state index in [1.807, 2.05) is 0 Å². The van der Waals surface area contributed by atoms with Crippen LogP contribution in [0.15, 0.2) is 18.2 Å². The topological polar surface area (TPSA) is 20.2 Å². The second kappa shape index (κ2) is 6.53.